The molecule has 1 aliphatic heterocycles. The highest BCUT2D eigenvalue weighted by molar-refractivity contribution is 7.92. The van der Waals surface area contributed by atoms with Gasteiger partial charge in [-0.1, -0.05) is 13.8 Å². The molecule has 0 saturated carbocycles. The van der Waals surface area contributed by atoms with Crippen molar-refractivity contribution in [1.29, 1.82) is 0 Å². The van der Waals surface area contributed by atoms with Crippen molar-refractivity contribution >= 4 is 9.84 Å². The van der Waals surface area contributed by atoms with E-state index in [4.69, 9.17) is 0 Å². The van der Waals surface area contributed by atoms with Gasteiger partial charge in [0.1, 0.15) is 0 Å². The molecular formula is C12H23N5O2S. The number of hydrogen-bond donors (Lipinski definition) is 1. The van der Waals surface area contributed by atoms with Crippen LogP contribution in [0.4, 0.5) is 0 Å². The van der Waals surface area contributed by atoms with Gasteiger partial charge in [0.2, 0.25) is 0 Å². The average Bonchev–Trinajstić information content (AvgIpc) is 2.94. The summed E-state index contributed by atoms with van der Waals surface area (Å²) < 4.78 is 25.4. The Morgan fingerprint density at radius 1 is 1.40 bits per heavy atom. The van der Waals surface area contributed by atoms with Gasteiger partial charge in [0.05, 0.1) is 23.6 Å². The number of tetrazole rings is 1. The highest BCUT2D eigenvalue weighted by atomic mass is 32.2. The first-order chi connectivity index (χ1) is 9.40. The number of rotatable bonds is 6. The number of nitrogens with zero attached hydrogens (tertiary/aromatic N) is 4. The molecule has 0 aromatic carbocycles. The van der Waals surface area contributed by atoms with Gasteiger partial charge in [-0.15, -0.1) is 5.10 Å². The highest BCUT2D eigenvalue weighted by Crippen LogP contribution is 2.22. The molecule has 8 heteroatoms. The monoisotopic (exact) mass is 301 g/mol. The van der Waals surface area contributed by atoms with Gasteiger partial charge in [0.25, 0.3) is 0 Å². The van der Waals surface area contributed by atoms with Crippen LogP contribution in [0.5, 0.6) is 0 Å². The molecule has 1 fully saturated rings. The Hall–Kier alpha value is -1.02. The zero-order valence-corrected chi connectivity index (χ0v) is 13.1. The molecule has 1 aromatic rings. The normalized spacial score (nSPS) is 23.3. The molecule has 2 heterocycles. The van der Waals surface area contributed by atoms with Gasteiger partial charge in [0.15, 0.2) is 15.7 Å². The summed E-state index contributed by atoms with van der Waals surface area (Å²) in [7, 11) is -2.97. The third-order valence-corrected chi connectivity index (χ3v) is 5.88. The van der Waals surface area contributed by atoms with Crippen LogP contribution in [-0.2, 0) is 16.4 Å². The molecule has 0 bridgehead atoms. The van der Waals surface area contributed by atoms with Crippen molar-refractivity contribution in [3.05, 3.63) is 5.82 Å². The Morgan fingerprint density at radius 2 is 2.15 bits per heavy atom. The van der Waals surface area contributed by atoms with E-state index in [2.05, 4.69) is 34.7 Å². The predicted molar refractivity (Wildman–Crippen MR) is 75.9 cm³/mol. The highest BCUT2D eigenvalue weighted by Gasteiger charge is 2.32. The van der Waals surface area contributed by atoms with Gasteiger partial charge < -0.3 is 5.32 Å². The van der Waals surface area contributed by atoms with Crippen molar-refractivity contribution in [2.24, 2.45) is 5.92 Å². The molecule has 114 valence electrons. The van der Waals surface area contributed by atoms with Crippen LogP contribution in [0.1, 0.15) is 45.5 Å². The number of sulfone groups is 1. The minimum Gasteiger partial charge on any atom is -0.307 e. The Bertz CT molecular complexity index is 540. The third kappa shape index (κ3) is 3.54. The second-order valence-electron chi connectivity index (χ2n) is 5.87. The minimum absolute atomic E-state index is 0.0107. The summed E-state index contributed by atoms with van der Waals surface area (Å²) in [5.41, 5.74) is 0. The molecule has 2 atom stereocenters. The fraction of sp³-hybridized carbons (Fsp3) is 0.917. The molecule has 0 aliphatic carbocycles. The van der Waals surface area contributed by atoms with E-state index >= 15 is 0 Å². The van der Waals surface area contributed by atoms with Gasteiger partial charge in [-0.25, -0.2) is 13.1 Å². The molecule has 2 unspecified atom stereocenters. The first-order valence-corrected chi connectivity index (χ1v) is 8.82. The van der Waals surface area contributed by atoms with Crippen molar-refractivity contribution in [3.63, 3.8) is 0 Å². The van der Waals surface area contributed by atoms with Gasteiger partial charge in [-0.05, 0) is 42.7 Å². The average molecular weight is 301 g/mol. The Kier molecular flexibility index (Phi) is 4.74. The number of hydrogen-bond acceptors (Lipinski definition) is 6. The van der Waals surface area contributed by atoms with Crippen LogP contribution in [0.3, 0.4) is 0 Å². The lowest BCUT2D eigenvalue weighted by Crippen LogP contribution is -2.29. The molecular weight excluding hydrogens is 278 g/mol. The van der Waals surface area contributed by atoms with E-state index in [1.807, 2.05) is 6.92 Å². The first kappa shape index (κ1) is 15.4. The summed E-state index contributed by atoms with van der Waals surface area (Å²) >= 11 is 0. The SMILES string of the molecule is CC(C)CNC(C)c1nnnn1CC1CCCS1(=O)=O. The van der Waals surface area contributed by atoms with E-state index in [1.54, 1.807) is 4.68 Å². The zero-order valence-electron chi connectivity index (χ0n) is 12.3. The molecule has 1 aliphatic rings. The Morgan fingerprint density at radius 3 is 2.75 bits per heavy atom. The topological polar surface area (TPSA) is 89.8 Å². The van der Waals surface area contributed by atoms with Crippen molar-refractivity contribution in [3.8, 4) is 0 Å². The second-order valence-corrected chi connectivity index (χ2v) is 8.27. The van der Waals surface area contributed by atoms with Crippen LogP contribution >= 0.6 is 0 Å². The van der Waals surface area contributed by atoms with E-state index in [0.717, 1.165) is 13.0 Å². The summed E-state index contributed by atoms with van der Waals surface area (Å²) in [6.07, 6.45) is 1.45. The summed E-state index contributed by atoms with van der Waals surface area (Å²) in [6.45, 7) is 7.49. The fourth-order valence-corrected chi connectivity index (χ4v) is 4.21. The summed E-state index contributed by atoms with van der Waals surface area (Å²) in [5.74, 6) is 1.53. The standard InChI is InChI=1S/C12H23N5O2S/c1-9(2)7-13-10(3)12-14-15-16-17(12)8-11-5-4-6-20(11,18)19/h9-11,13H,4-8H2,1-3H3. The number of nitrogens with one attached hydrogen (secondary N) is 1. The van der Waals surface area contributed by atoms with E-state index in [-0.39, 0.29) is 17.0 Å². The van der Waals surface area contributed by atoms with Crippen LogP contribution in [-0.4, -0.2) is 46.2 Å². The third-order valence-electron chi connectivity index (χ3n) is 3.62. The van der Waals surface area contributed by atoms with Crippen LogP contribution in [0.15, 0.2) is 0 Å². The molecule has 1 aromatic heterocycles. The van der Waals surface area contributed by atoms with Crippen molar-refractivity contribution in [1.82, 2.24) is 25.5 Å². The van der Waals surface area contributed by atoms with Crippen molar-refractivity contribution < 1.29 is 8.42 Å². The summed E-state index contributed by atoms with van der Waals surface area (Å²) in [5, 5.41) is 14.7. The summed E-state index contributed by atoms with van der Waals surface area (Å²) in [6, 6.07) is 0.0107. The summed E-state index contributed by atoms with van der Waals surface area (Å²) in [4.78, 5) is 0. The van der Waals surface area contributed by atoms with E-state index in [0.29, 0.717) is 24.7 Å². The molecule has 0 spiro atoms. The lowest BCUT2D eigenvalue weighted by Gasteiger charge is -2.16. The van der Waals surface area contributed by atoms with Crippen LogP contribution in [0.2, 0.25) is 0 Å². The first-order valence-electron chi connectivity index (χ1n) is 7.11. The van der Waals surface area contributed by atoms with E-state index in [1.165, 1.54) is 0 Å². The maximum atomic E-state index is 11.9. The second kappa shape index (κ2) is 6.17. The Balaban J connectivity index is 2.05. The molecule has 20 heavy (non-hydrogen) atoms. The molecule has 1 N–H and O–H groups in total. The lowest BCUT2D eigenvalue weighted by molar-refractivity contribution is 0.446. The van der Waals surface area contributed by atoms with Gasteiger partial charge in [0, 0.05) is 0 Å². The van der Waals surface area contributed by atoms with E-state index in [9.17, 15) is 8.42 Å². The van der Waals surface area contributed by atoms with E-state index < -0.39 is 9.84 Å². The number of aromatic nitrogens is 4. The minimum atomic E-state index is -2.97. The lowest BCUT2D eigenvalue weighted by atomic mass is 10.2. The maximum Gasteiger partial charge on any atom is 0.167 e. The maximum absolute atomic E-state index is 11.9. The smallest absolute Gasteiger partial charge is 0.167 e. The van der Waals surface area contributed by atoms with Crippen LogP contribution < -0.4 is 5.32 Å². The molecule has 0 amide bonds. The van der Waals surface area contributed by atoms with Crippen LogP contribution in [0, 0.1) is 5.92 Å². The molecule has 1 saturated heterocycles. The fourth-order valence-electron chi connectivity index (χ4n) is 2.41. The molecule has 0 radical (unpaired) electrons. The van der Waals surface area contributed by atoms with Crippen molar-refractivity contribution in [2.75, 3.05) is 12.3 Å². The predicted octanol–water partition coefficient (Wildman–Crippen LogP) is 0.557. The largest absolute Gasteiger partial charge is 0.307 e. The Labute approximate surface area is 120 Å². The zero-order chi connectivity index (χ0) is 14.8. The van der Waals surface area contributed by atoms with Crippen molar-refractivity contribution in [2.45, 2.75) is 51.4 Å². The van der Waals surface area contributed by atoms with Gasteiger partial charge in [-0.2, -0.15) is 0 Å². The molecule has 7 nitrogen and oxygen atoms in total. The molecule has 2 rings (SSSR count). The van der Waals surface area contributed by atoms with Gasteiger partial charge in [-0.3, -0.25) is 0 Å². The van der Waals surface area contributed by atoms with Crippen LogP contribution in [0.25, 0.3) is 0 Å². The quantitative estimate of drug-likeness (QED) is 0.825. The van der Waals surface area contributed by atoms with Gasteiger partial charge >= 0.3 is 0 Å².